The number of nitrogens with zero attached hydrogens (tertiary/aromatic N) is 1. The number of aromatic nitrogens is 1. The maximum atomic E-state index is 3.37. The summed E-state index contributed by atoms with van der Waals surface area (Å²) in [6, 6.07) is 19.5. The standard InChI is InChI=1S/C19H20N4/c1-13(2)23-19-9-8-15(10-18(19)21-22-23)16-11-17(20-12-16)14-6-4-3-5-7-14/h3-13,20-22H,1-2H3. The molecule has 23 heavy (non-hydrogen) atoms. The van der Waals surface area contributed by atoms with Crippen molar-refractivity contribution in [2.45, 2.75) is 19.9 Å². The minimum atomic E-state index is 0.395. The highest BCUT2D eigenvalue weighted by Crippen LogP contribution is 2.35. The first-order valence-electron chi connectivity index (χ1n) is 7.91. The second-order valence-electron chi connectivity index (χ2n) is 6.10. The summed E-state index contributed by atoms with van der Waals surface area (Å²) in [5.41, 5.74) is 13.5. The number of nitrogens with one attached hydrogen (secondary N) is 3. The van der Waals surface area contributed by atoms with Crippen LogP contribution in [0.2, 0.25) is 0 Å². The van der Waals surface area contributed by atoms with E-state index in [-0.39, 0.29) is 0 Å². The molecule has 1 aliphatic heterocycles. The zero-order valence-corrected chi connectivity index (χ0v) is 13.3. The van der Waals surface area contributed by atoms with Crippen LogP contribution in [-0.2, 0) is 0 Å². The van der Waals surface area contributed by atoms with Crippen molar-refractivity contribution in [3.8, 4) is 22.4 Å². The fraction of sp³-hybridized carbons (Fsp3) is 0.158. The summed E-state index contributed by atoms with van der Waals surface area (Å²) in [6.07, 6.45) is 2.06. The summed E-state index contributed by atoms with van der Waals surface area (Å²) < 4.78 is 0. The van der Waals surface area contributed by atoms with Crippen molar-refractivity contribution in [3.63, 3.8) is 0 Å². The van der Waals surface area contributed by atoms with Crippen molar-refractivity contribution in [2.75, 3.05) is 10.4 Å². The number of hydrogen-bond donors (Lipinski definition) is 3. The predicted molar refractivity (Wildman–Crippen MR) is 96.0 cm³/mol. The molecule has 1 aliphatic rings. The van der Waals surface area contributed by atoms with Crippen LogP contribution < -0.4 is 16.0 Å². The van der Waals surface area contributed by atoms with Gasteiger partial charge in [-0.2, -0.15) is 0 Å². The lowest BCUT2D eigenvalue weighted by Gasteiger charge is -2.22. The van der Waals surface area contributed by atoms with Crippen molar-refractivity contribution in [3.05, 3.63) is 60.8 Å². The van der Waals surface area contributed by atoms with Gasteiger partial charge in [-0.1, -0.05) is 36.4 Å². The second-order valence-corrected chi connectivity index (χ2v) is 6.10. The van der Waals surface area contributed by atoms with E-state index in [4.69, 9.17) is 0 Å². The van der Waals surface area contributed by atoms with Gasteiger partial charge in [-0.15, -0.1) is 5.53 Å². The van der Waals surface area contributed by atoms with Gasteiger partial charge in [-0.05, 0) is 48.7 Å². The van der Waals surface area contributed by atoms with Crippen LogP contribution in [0.25, 0.3) is 22.4 Å². The number of H-pyrrole nitrogens is 1. The summed E-state index contributed by atoms with van der Waals surface area (Å²) in [5.74, 6) is 0. The molecule has 3 N–H and O–H groups in total. The highest BCUT2D eigenvalue weighted by molar-refractivity contribution is 5.81. The molecule has 0 unspecified atom stereocenters. The van der Waals surface area contributed by atoms with Gasteiger partial charge in [0, 0.05) is 17.9 Å². The Bertz CT molecular complexity index is 820. The molecule has 0 bridgehead atoms. The second kappa shape index (κ2) is 5.48. The summed E-state index contributed by atoms with van der Waals surface area (Å²) in [5, 5.41) is 2.13. The van der Waals surface area contributed by atoms with Crippen LogP contribution in [0.1, 0.15) is 13.8 Å². The Morgan fingerprint density at radius 2 is 1.70 bits per heavy atom. The van der Waals surface area contributed by atoms with Gasteiger partial charge in [0.15, 0.2) is 0 Å². The van der Waals surface area contributed by atoms with Crippen LogP contribution in [-0.4, -0.2) is 11.0 Å². The number of hydrazine groups is 2. The van der Waals surface area contributed by atoms with Gasteiger partial charge < -0.3 is 10.4 Å². The normalized spacial score (nSPS) is 13.3. The third-order valence-corrected chi connectivity index (χ3v) is 4.18. The van der Waals surface area contributed by atoms with E-state index in [1.807, 2.05) is 6.07 Å². The van der Waals surface area contributed by atoms with Crippen LogP contribution in [0, 0.1) is 0 Å². The Hall–Kier alpha value is -2.72. The molecule has 0 amide bonds. The molecule has 0 spiro atoms. The van der Waals surface area contributed by atoms with Crippen LogP contribution in [0.3, 0.4) is 0 Å². The minimum absolute atomic E-state index is 0.395. The Kier molecular flexibility index (Phi) is 3.32. The molecule has 4 rings (SSSR count). The summed E-state index contributed by atoms with van der Waals surface area (Å²) in [7, 11) is 0. The van der Waals surface area contributed by atoms with Gasteiger partial charge in [-0.3, -0.25) is 5.01 Å². The lowest BCUT2D eigenvalue weighted by molar-refractivity contribution is 0.633. The molecule has 0 fully saturated rings. The fourth-order valence-corrected chi connectivity index (χ4v) is 2.96. The monoisotopic (exact) mass is 304 g/mol. The van der Waals surface area contributed by atoms with Crippen LogP contribution in [0.4, 0.5) is 11.4 Å². The molecular weight excluding hydrogens is 284 g/mol. The third-order valence-electron chi connectivity index (χ3n) is 4.18. The van der Waals surface area contributed by atoms with Crippen molar-refractivity contribution >= 4 is 11.4 Å². The molecule has 116 valence electrons. The molecule has 2 aromatic carbocycles. The Balaban J connectivity index is 1.66. The quantitative estimate of drug-likeness (QED) is 0.671. The van der Waals surface area contributed by atoms with Gasteiger partial charge >= 0.3 is 0 Å². The molecule has 0 atom stereocenters. The lowest BCUT2D eigenvalue weighted by Crippen LogP contribution is -2.41. The van der Waals surface area contributed by atoms with Gasteiger partial charge in [0.2, 0.25) is 0 Å². The zero-order chi connectivity index (χ0) is 15.8. The first-order chi connectivity index (χ1) is 11.2. The zero-order valence-electron chi connectivity index (χ0n) is 13.3. The molecule has 0 radical (unpaired) electrons. The molecule has 4 heteroatoms. The van der Waals surface area contributed by atoms with Crippen molar-refractivity contribution in [2.24, 2.45) is 0 Å². The van der Waals surface area contributed by atoms with E-state index in [1.165, 1.54) is 22.4 Å². The predicted octanol–water partition coefficient (Wildman–Crippen LogP) is 4.41. The number of rotatable bonds is 3. The van der Waals surface area contributed by atoms with Gasteiger partial charge in [0.25, 0.3) is 0 Å². The highest BCUT2D eigenvalue weighted by atomic mass is 15.7. The molecule has 2 heterocycles. The first-order valence-corrected chi connectivity index (χ1v) is 7.91. The number of hydrogen-bond acceptors (Lipinski definition) is 3. The Morgan fingerprint density at radius 1 is 0.870 bits per heavy atom. The number of benzene rings is 2. The number of anilines is 2. The average Bonchev–Trinajstić information content (AvgIpc) is 3.22. The number of aromatic amines is 1. The Morgan fingerprint density at radius 3 is 2.48 bits per heavy atom. The van der Waals surface area contributed by atoms with Gasteiger partial charge in [0.05, 0.1) is 11.4 Å². The Labute approximate surface area is 136 Å². The third kappa shape index (κ3) is 2.47. The summed E-state index contributed by atoms with van der Waals surface area (Å²) in [6.45, 7) is 4.33. The SMILES string of the molecule is CC(C)N1NNc2cc(-c3c[nH]c(-c4ccccc4)c3)ccc21. The maximum Gasteiger partial charge on any atom is 0.0786 e. The highest BCUT2D eigenvalue weighted by Gasteiger charge is 2.21. The van der Waals surface area contributed by atoms with Crippen LogP contribution >= 0.6 is 0 Å². The van der Waals surface area contributed by atoms with Gasteiger partial charge in [-0.25, -0.2) is 0 Å². The van der Waals surface area contributed by atoms with Gasteiger partial charge in [0.1, 0.15) is 0 Å². The first kappa shape index (κ1) is 13.9. The minimum Gasteiger partial charge on any atom is -0.361 e. The van der Waals surface area contributed by atoms with E-state index in [2.05, 4.69) is 89.5 Å². The summed E-state index contributed by atoms with van der Waals surface area (Å²) >= 11 is 0. The van der Waals surface area contributed by atoms with Crippen LogP contribution in [0.15, 0.2) is 60.8 Å². The summed E-state index contributed by atoms with van der Waals surface area (Å²) in [4.78, 5) is 3.37. The molecule has 0 saturated heterocycles. The number of fused-ring (bicyclic) bond motifs is 1. The maximum absolute atomic E-state index is 3.37. The van der Waals surface area contributed by atoms with E-state index < -0.39 is 0 Å². The van der Waals surface area contributed by atoms with Crippen molar-refractivity contribution < 1.29 is 0 Å². The van der Waals surface area contributed by atoms with E-state index >= 15 is 0 Å². The van der Waals surface area contributed by atoms with E-state index in [0.717, 1.165) is 11.4 Å². The van der Waals surface area contributed by atoms with Crippen LogP contribution in [0.5, 0.6) is 0 Å². The van der Waals surface area contributed by atoms with E-state index in [9.17, 15) is 0 Å². The van der Waals surface area contributed by atoms with Crippen molar-refractivity contribution in [1.82, 2.24) is 10.5 Å². The molecule has 0 aliphatic carbocycles. The van der Waals surface area contributed by atoms with E-state index in [1.54, 1.807) is 0 Å². The largest absolute Gasteiger partial charge is 0.361 e. The molecule has 0 saturated carbocycles. The topological polar surface area (TPSA) is 43.1 Å². The lowest BCUT2D eigenvalue weighted by atomic mass is 10.1. The molecular formula is C19H20N4. The average molecular weight is 304 g/mol. The molecule has 3 aromatic rings. The fourth-order valence-electron chi connectivity index (χ4n) is 2.96. The molecule has 1 aromatic heterocycles. The molecule has 4 nitrogen and oxygen atoms in total. The smallest absolute Gasteiger partial charge is 0.0786 e. The van der Waals surface area contributed by atoms with Crippen molar-refractivity contribution in [1.29, 1.82) is 0 Å². The van der Waals surface area contributed by atoms with E-state index in [0.29, 0.717) is 6.04 Å².